The van der Waals surface area contributed by atoms with E-state index >= 15 is 0 Å². The first-order valence-corrected chi connectivity index (χ1v) is 10.1. The van der Waals surface area contributed by atoms with Gasteiger partial charge in [-0.15, -0.1) is 11.3 Å². The monoisotopic (exact) mass is 443 g/mol. The average molecular weight is 443 g/mol. The largest absolute Gasteiger partial charge is 0.370 e. The van der Waals surface area contributed by atoms with Gasteiger partial charge in [-0.3, -0.25) is 14.4 Å². The number of hydrogen-bond donors (Lipinski definition) is 2. The lowest BCUT2D eigenvalue weighted by atomic mass is 10.2. The zero-order valence-electron chi connectivity index (χ0n) is 16.5. The number of primary amides is 1. The standard InChI is InChI=1S/C22H19F2N3O3S/c1-13-11-19(26-21(29)14-3-2-4-16(24)12-14)31-20(13)22(30)27(10-9-18(25)28)17-7-5-15(23)6-8-17/h2-8,11-12H,9-10H2,1H3,(H2,25,28)(H,26,29). The van der Waals surface area contributed by atoms with E-state index in [4.69, 9.17) is 5.73 Å². The number of aryl methyl sites for hydroxylation is 1. The highest BCUT2D eigenvalue weighted by Crippen LogP contribution is 2.30. The van der Waals surface area contributed by atoms with Crippen LogP contribution >= 0.6 is 11.3 Å². The first-order valence-electron chi connectivity index (χ1n) is 9.27. The summed E-state index contributed by atoms with van der Waals surface area (Å²) in [5, 5.41) is 3.06. The highest BCUT2D eigenvalue weighted by Gasteiger charge is 2.23. The lowest BCUT2D eigenvalue weighted by Crippen LogP contribution is -2.34. The van der Waals surface area contributed by atoms with Crippen molar-refractivity contribution in [3.05, 3.63) is 82.2 Å². The highest BCUT2D eigenvalue weighted by atomic mass is 32.1. The number of rotatable bonds is 7. The average Bonchev–Trinajstić information content (AvgIpc) is 3.09. The van der Waals surface area contributed by atoms with Gasteiger partial charge >= 0.3 is 0 Å². The maximum absolute atomic E-state index is 13.4. The van der Waals surface area contributed by atoms with Crippen LogP contribution in [0.25, 0.3) is 0 Å². The molecule has 3 rings (SSSR count). The molecule has 0 spiro atoms. The third-order valence-corrected chi connectivity index (χ3v) is 5.54. The number of nitrogens with one attached hydrogen (secondary N) is 1. The van der Waals surface area contributed by atoms with Crippen LogP contribution in [-0.4, -0.2) is 24.3 Å². The molecular weight excluding hydrogens is 424 g/mol. The van der Waals surface area contributed by atoms with Crippen molar-refractivity contribution in [3.63, 3.8) is 0 Å². The third-order valence-electron chi connectivity index (χ3n) is 4.40. The number of thiophene rings is 1. The zero-order valence-corrected chi connectivity index (χ0v) is 17.3. The molecule has 0 fully saturated rings. The van der Waals surface area contributed by atoms with E-state index < -0.39 is 29.4 Å². The topological polar surface area (TPSA) is 92.5 Å². The van der Waals surface area contributed by atoms with Crippen molar-refractivity contribution in [1.82, 2.24) is 0 Å². The molecule has 3 aromatic rings. The van der Waals surface area contributed by atoms with E-state index in [-0.39, 0.29) is 18.5 Å². The minimum atomic E-state index is -0.578. The number of anilines is 2. The number of carbonyl (C=O) groups is 3. The molecule has 0 radical (unpaired) electrons. The first-order chi connectivity index (χ1) is 14.7. The molecule has 3 amide bonds. The van der Waals surface area contributed by atoms with Crippen LogP contribution in [0, 0.1) is 18.6 Å². The van der Waals surface area contributed by atoms with Crippen LogP contribution in [0.4, 0.5) is 19.5 Å². The molecule has 2 aromatic carbocycles. The lowest BCUT2D eigenvalue weighted by molar-refractivity contribution is -0.117. The number of nitrogens with zero attached hydrogens (tertiary/aromatic N) is 1. The molecule has 0 unspecified atom stereocenters. The Morgan fingerprint density at radius 2 is 1.74 bits per heavy atom. The van der Waals surface area contributed by atoms with Crippen molar-refractivity contribution in [1.29, 1.82) is 0 Å². The Morgan fingerprint density at radius 1 is 1.03 bits per heavy atom. The molecular formula is C22H19F2N3O3S. The van der Waals surface area contributed by atoms with Gasteiger partial charge in [-0.05, 0) is 61.0 Å². The molecule has 160 valence electrons. The Bertz CT molecular complexity index is 1130. The van der Waals surface area contributed by atoms with E-state index in [1.807, 2.05) is 0 Å². The van der Waals surface area contributed by atoms with Crippen LogP contribution in [-0.2, 0) is 4.79 Å². The molecule has 0 saturated carbocycles. The normalized spacial score (nSPS) is 10.5. The zero-order chi connectivity index (χ0) is 22.5. The second kappa shape index (κ2) is 9.48. The Hall–Kier alpha value is -3.59. The van der Waals surface area contributed by atoms with Gasteiger partial charge < -0.3 is 16.0 Å². The smallest absolute Gasteiger partial charge is 0.268 e. The maximum atomic E-state index is 13.4. The van der Waals surface area contributed by atoms with Crippen molar-refractivity contribution in [3.8, 4) is 0 Å². The summed E-state index contributed by atoms with van der Waals surface area (Å²) in [6.07, 6.45) is -0.0727. The highest BCUT2D eigenvalue weighted by molar-refractivity contribution is 7.18. The van der Waals surface area contributed by atoms with Gasteiger partial charge in [-0.2, -0.15) is 0 Å². The number of hydrogen-bond acceptors (Lipinski definition) is 4. The van der Waals surface area contributed by atoms with Crippen LogP contribution < -0.4 is 16.0 Å². The van der Waals surface area contributed by atoms with Crippen LogP contribution in [0.15, 0.2) is 54.6 Å². The first kappa shape index (κ1) is 22.1. The van der Waals surface area contributed by atoms with Gasteiger partial charge in [0.15, 0.2) is 0 Å². The number of benzene rings is 2. The molecule has 1 aromatic heterocycles. The van der Waals surface area contributed by atoms with E-state index in [0.717, 1.165) is 17.4 Å². The second-order valence-electron chi connectivity index (χ2n) is 6.74. The summed E-state index contributed by atoms with van der Waals surface area (Å²) in [7, 11) is 0. The van der Waals surface area contributed by atoms with Gasteiger partial charge in [0.2, 0.25) is 5.91 Å². The Labute approximate surface area is 181 Å². The molecule has 0 aliphatic carbocycles. The summed E-state index contributed by atoms with van der Waals surface area (Å²) in [6, 6.07) is 12.2. The van der Waals surface area contributed by atoms with Crippen molar-refractivity contribution >= 4 is 39.7 Å². The number of halogens is 2. The molecule has 0 atom stereocenters. The van der Waals surface area contributed by atoms with Crippen LogP contribution in [0.1, 0.15) is 32.0 Å². The Morgan fingerprint density at radius 3 is 2.39 bits per heavy atom. The maximum Gasteiger partial charge on any atom is 0.268 e. The molecule has 31 heavy (non-hydrogen) atoms. The number of amides is 3. The van der Waals surface area contributed by atoms with Gasteiger partial charge in [0.1, 0.15) is 11.6 Å². The van der Waals surface area contributed by atoms with Crippen molar-refractivity contribution in [2.75, 3.05) is 16.8 Å². The molecule has 0 bridgehead atoms. The SMILES string of the molecule is Cc1cc(NC(=O)c2cccc(F)c2)sc1C(=O)N(CCC(N)=O)c1ccc(F)cc1. The van der Waals surface area contributed by atoms with E-state index in [1.54, 1.807) is 13.0 Å². The molecule has 0 aliphatic heterocycles. The third kappa shape index (κ3) is 5.52. The Kier molecular flexibility index (Phi) is 6.76. The molecule has 3 N–H and O–H groups in total. The Balaban J connectivity index is 1.84. The minimum absolute atomic E-state index is 0.0160. The van der Waals surface area contributed by atoms with Crippen molar-refractivity contribution in [2.45, 2.75) is 13.3 Å². The predicted octanol–water partition coefficient (Wildman–Crippen LogP) is 4.11. The van der Waals surface area contributed by atoms with Gasteiger partial charge in [0, 0.05) is 24.2 Å². The minimum Gasteiger partial charge on any atom is -0.370 e. The van der Waals surface area contributed by atoms with Gasteiger partial charge in [-0.25, -0.2) is 8.78 Å². The van der Waals surface area contributed by atoms with E-state index in [0.29, 0.717) is 21.1 Å². The summed E-state index contributed by atoms with van der Waals surface area (Å²) in [5.74, 6) is -2.49. The summed E-state index contributed by atoms with van der Waals surface area (Å²) >= 11 is 1.05. The molecule has 0 aliphatic rings. The van der Waals surface area contributed by atoms with Crippen LogP contribution in [0.2, 0.25) is 0 Å². The predicted molar refractivity (Wildman–Crippen MR) is 115 cm³/mol. The summed E-state index contributed by atoms with van der Waals surface area (Å²) < 4.78 is 26.7. The van der Waals surface area contributed by atoms with Crippen molar-refractivity contribution in [2.24, 2.45) is 5.73 Å². The fourth-order valence-corrected chi connectivity index (χ4v) is 3.90. The van der Waals surface area contributed by atoms with E-state index in [1.165, 1.54) is 47.4 Å². The van der Waals surface area contributed by atoms with Gasteiger partial charge in [-0.1, -0.05) is 6.07 Å². The number of nitrogens with two attached hydrogens (primary N) is 1. The van der Waals surface area contributed by atoms with E-state index in [2.05, 4.69) is 5.32 Å². The molecule has 0 saturated heterocycles. The fourth-order valence-electron chi connectivity index (χ4n) is 2.88. The van der Waals surface area contributed by atoms with E-state index in [9.17, 15) is 23.2 Å². The molecule has 1 heterocycles. The van der Waals surface area contributed by atoms with Crippen LogP contribution in [0.5, 0.6) is 0 Å². The summed E-state index contributed by atoms with van der Waals surface area (Å²) in [4.78, 5) is 38.5. The molecule has 9 heteroatoms. The van der Waals surface area contributed by atoms with Gasteiger partial charge in [0.25, 0.3) is 11.8 Å². The quantitative estimate of drug-likeness (QED) is 0.576. The summed E-state index contributed by atoms with van der Waals surface area (Å²) in [5.41, 5.74) is 6.39. The van der Waals surface area contributed by atoms with Crippen LogP contribution in [0.3, 0.4) is 0 Å². The second-order valence-corrected chi connectivity index (χ2v) is 7.79. The van der Waals surface area contributed by atoms with Gasteiger partial charge in [0.05, 0.1) is 9.88 Å². The summed E-state index contributed by atoms with van der Waals surface area (Å²) in [6.45, 7) is 1.72. The molecule has 6 nitrogen and oxygen atoms in total. The fraction of sp³-hybridized carbons (Fsp3) is 0.136. The van der Waals surface area contributed by atoms with Crippen molar-refractivity contribution < 1.29 is 23.2 Å². The number of carbonyl (C=O) groups excluding carboxylic acids is 3. The lowest BCUT2D eigenvalue weighted by Gasteiger charge is -2.22.